The fraction of sp³-hybridized carbons (Fsp3) is 0.375. The summed E-state index contributed by atoms with van der Waals surface area (Å²) in [5.74, 6) is -0.482. The summed E-state index contributed by atoms with van der Waals surface area (Å²) < 4.78 is 18.0. The van der Waals surface area contributed by atoms with Crippen molar-refractivity contribution >= 4 is 12.0 Å². The summed E-state index contributed by atoms with van der Waals surface area (Å²) in [5, 5.41) is 15.1. The highest BCUT2D eigenvalue weighted by Crippen LogP contribution is 2.16. The van der Waals surface area contributed by atoms with Gasteiger partial charge in [-0.2, -0.15) is 4.98 Å². The molecule has 134 valence electrons. The van der Waals surface area contributed by atoms with E-state index in [0.29, 0.717) is 36.7 Å². The van der Waals surface area contributed by atoms with Crippen LogP contribution in [0.4, 0.5) is 9.18 Å². The van der Waals surface area contributed by atoms with Crippen LogP contribution >= 0.6 is 0 Å². The highest BCUT2D eigenvalue weighted by Gasteiger charge is 2.11. The molecule has 9 heteroatoms. The molecule has 0 aliphatic rings. The SMILES string of the molecule is CN(CCC(=O)O)C(=O)NCCCc1nc(-c2ccc(F)cc2)no1. The smallest absolute Gasteiger partial charge is 0.317 e. The fourth-order valence-corrected chi connectivity index (χ4v) is 2.01. The van der Waals surface area contributed by atoms with Gasteiger partial charge < -0.3 is 19.8 Å². The topological polar surface area (TPSA) is 109 Å². The van der Waals surface area contributed by atoms with Gasteiger partial charge in [0.2, 0.25) is 11.7 Å². The number of carbonyl (C=O) groups is 2. The van der Waals surface area contributed by atoms with Gasteiger partial charge in [0.25, 0.3) is 0 Å². The molecule has 0 aliphatic carbocycles. The van der Waals surface area contributed by atoms with Crippen LogP contribution in [0.5, 0.6) is 0 Å². The van der Waals surface area contributed by atoms with Gasteiger partial charge in [-0.15, -0.1) is 0 Å². The number of aromatic nitrogens is 2. The molecule has 2 aromatic rings. The molecule has 0 fully saturated rings. The first-order chi connectivity index (χ1) is 12.0. The first kappa shape index (κ1) is 18.4. The second kappa shape index (κ2) is 8.76. The molecule has 0 bridgehead atoms. The van der Waals surface area contributed by atoms with Crippen LogP contribution in [-0.2, 0) is 11.2 Å². The molecule has 8 nitrogen and oxygen atoms in total. The lowest BCUT2D eigenvalue weighted by molar-refractivity contribution is -0.137. The third-order valence-electron chi connectivity index (χ3n) is 3.42. The molecule has 0 aliphatic heterocycles. The number of urea groups is 1. The molecule has 1 aromatic heterocycles. The number of nitrogens with one attached hydrogen (secondary N) is 1. The number of nitrogens with zero attached hydrogens (tertiary/aromatic N) is 3. The molecule has 0 saturated carbocycles. The molecule has 0 atom stereocenters. The number of carbonyl (C=O) groups excluding carboxylic acids is 1. The van der Waals surface area contributed by atoms with Gasteiger partial charge in [0.05, 0.1) is 6.42 Å². The number of aryl methyl sites for hydroxylation is 1. The minimum Gasteiger partial charge on any atom is -0.481 e. The van der Waals surface area contributed by atoms with Crippen LogP contribution in [-0.4, -0.2) is 52.3 Å². The summed E-state index contributed by atoms with van der Waals surface area (Å²) in [5.41, 5.74) is 0.657. The monoisotopic (exact) mass is 350 g/mol. The summed E-state index contributed by atoms with van der Waals surface area (Å²) in [6, 6.07) is 5.44. The molecule has 0 saturated heterocycles. The Labute approximate surface area is 143 Å². The Morgan fingerprint density at radius 3 is 2.72 bits per heavy atom. The Kier molecular flexibility index (Phi) is 6.44. The predicted octanol–water partition coefficient (Wildman–Crippen LogP) is 1.92. The molecule has 0 radical (unpaired) electrons. The van der Waals surface area contributed by atoms with Gasteiger partial charge >= 0.3 is 12.0 Å². The van der Waals surface area contributed by atoms with Crippen molar-refractivity contribution in [3.8, 4) is 11.4 Å². The van der Waals surface area contributed by atoms with Gasteiger partial charge in [-0.3, -0.25) is 4.79 Å². The molecule has 2 amide bonds. The molecule has 25 heavy (non-hydrogen) atoms. The lowest BCUT2D eigenvalue weighted by atomic mass is 10.2. The van der Waals surface area contributed by atoms with Crippen LogP contribution in [0.2, 0.25) is 0 Å². The van der Waals surface area contributed by atoms with E-state index in [9.17, 15) is 14.0 Å². The number of carboxylic acid groups (broad SMARTS) is 1. The summed E-state index contributed by atoms with van der Waals surface area (Å²) in [6.45, 7) is 0.538. The number of halogens is 1. The van der Waals surface area contributed by atoms with Crippen molar-refractivity contribution in [2.75, 3.05) is 20.1 Å². The molecule has 2 rings (SSSR count). The number of benzene rings is 1. The number of hydrogen-bond acceptors (Lipinski definition) is 5. The Morgan fingerprint density at radius 2 is 2.04 bits per heavy atom. The van der Waals surface area contributed by atoms with Crippen molar-refractivity contribution in [3.63, 3.8) is 0 Å². The predicted molar refractivity (Wildman–Crippen MR) is 86.3 cm³/mol. The maximum Gasteiger partial charge on any atom is 0.317 e. The standard InChI is InChI=1S/C16H19FN4O4/c1-21(10-8-14(22)23)16(24)18-9-2-3-13-19-15(20-25-13)11-4-6-12(17)7-5-11/h4-7H,2-3,8-10H2,1H3,(H,18,24)(H,22,23). The third-order valence-corrected chi connectivity index (χ3v) is 3.42. The highest BCUT2D eigenvalue weighted by molar-refractivity contribution is 5.74. The van der Waals surface area contributed by atoms with E-state index in [2.05, 4.69) is 15.5 Å². The molecule has 0 unspecified atom stereocenters. The van der Waals surface area contributed by atoms with Crippen molar-refractivity contribution in [2.45, 2.75) is 19.3 Å². The molecular formula is C16H19FN4O4. The zero-order chi connectivity index (χ0) is 18.2. The van der Waals surface area contributed by atoms with Gasteiger partial charge in [0.1, 0.15) is 5.82 Å². The summed E-state index contributed by atoms with van der Waals surface area (Å²) in [4.78, 5) is 27.7. The van der Waals surface area contributed by atoms with E-state index in [-0.39, 0.29) is 24.8 Å². The van der Waals surface area contributed by atoms with Crippen LogP contribution in [0.1, 0.15) is 18.7 Å². The largest absolute Gasteiger partial charge is 0.481 e. The lowest BCUT2D eigenvalue weighted by Crippen LogP contribution is -2.38. The van der Waals surface area contributed by atoms with Crippen molar-refractivity contribution in [3.05, 3.63) is 36.0 Å². The Morgan fingerprint density at radius 1 is 1.32 bits per heavy atom. The van der Waals surface area contributed by atoms with Crippen molar-refractivity contribution < 1.29 is 23.6 Å². The zero-order valence-corrected chi connectivity index (χ0v) is 13.7. The van der Waals surface area contributed by atoms with Crippen molar-refractivity contribution in [1.82, 2.24) is 20.4 Å². The van der Waals surface area contributed by atoms with Crippen molar-refractivity contribution in [1.29, 1.82) is 0 Å². The van der Waals surface area contributed by atoms with Crippen LogP contribution < -0.4 is 5.32 Å². The van der Waals surface area contributed by atoms with Gasteiger partial charge in [0.15, 0.2) is 0 Å². The van der Waals surface area contributed by atoms with Gasteiger partial charge in [0, 0.05) is 32.1 Å². The molecule has 1 aromatic carbocycles. The van der Waals surface area contributed by atoms with Crippen LogP contribution in [0.3, 0.4) is 0 Å². The molecule has 1 heterocycles. The quantitative estimate of drug-likeness (QED) is 0.704. The number of hydrogen-bond donors (Lipinski definition) is 2. The number of amides is 2. The van der Waals surface area contributed by atoms with E-state index in [4.69, 9.17) is 9.63 Å². The normalized spacial score (nSPS) is 10.5. The second-order valence-corrected chi connectivity index (χ2v) is 5.42. The maximum absolute atomic E-state index is 12.9. The minimum atomic E-state index is -0.951. The number of carboxylic acids is 1. The van der Waals surface area contributed by atoms with Crippen molar-refractivity contribution in [2.24, 2.45) is 0 Å². The first-order valence-electron chi connectivity index (χ1n) is 7.75. The van der Waals surface area contributed by atoms with Crippen LogP contribution in [0, 0.1) is 5.82 Å². The molecular weight excluding hydrogens is 331 g/mol. The Bertz CT molecular complexity index is 717. The lowest BCUT2D eigenvalue weighted by Gasteiger charge is -2.16. The maximum atomic E-state index is 12.9. The Balaban J connectivity index is 1.72. The molecule has 0 spiro atoms. The third kappa shape index (κ3) is 5.87. The van der Waals surface area contributed by atoms with Crippen LogP contribution in [0.15, 0.2) is 28.8 Å². The zero-order valence-electron chi connectivity index (χ0n) is 13.7. The minimum absolute atomic E-state index is 0.0991. The molecule has 2 N–H and O–H groups in total. The van der Waals surface area contributed by atoms with E-state index < -0.39 is 5.97 Å². The van der Waals surface area contributed by atoms with E-state index in [1.165, 1.54) is 24.1 Å². The summed E-state index contributed by atoms with van der Waals surface area (Å²) in [6.07, 6.45) is 0.967. The van der Waals surface area contributed by atoms with E-state index in [1.807, 2.05) is 0 Å². The average Bonchev–Trinajstić information content (AvgIpc) is 3.05. The second-order valence-electron chi connectivity index (χ2n) is 5.42. The van der Waals surface area contributed by atoms with E-state index in [0.717, 1.165) is 0 Å². The van der Waals surface area contributed by atoms with E-state index in [1.54, 1.807) is 12.1 Å². The van der Waals surface area contributed by atoms with Crippen LogP contribution in [0.25, 0.3) is 11.4 Å². The number of rotatable bonds is 8. The fourth-order valence-electron chi connectivity index (χ4n) is 2.01. The summed E-state index contributed by atoms with van der Waals surface area (Å²) >= 11 is 0. The van der Waals surface area contributed by atoms with Gasteiger partial charge in [-0.25, -0.2) is 9.18 Å². The number of aliphatic carboxylic acids is 1. The van der Waals surface area contributed by atoms with Gasteiger partial charge in [-0.1, -0.05) is 5.16 Å². The average molecular weight is 350 g/mol. The Hall–Kier alpha value is -2.97. The highest BCUT2D eigenvalue weighted by atomic mass is 19.1. The first-order valence-corrected chi connectivity index (χ1v) is 7.75. The summed E-state index contributed by atoms with van der Waals surface area (Å²) in [7, 11) is 1.53. The van der Waals surface area contributed by atoms with Gasteiger partial charge in [-0.05, 0) is 30.7 Å². The van der Waals surface area contributed by atoms with E-state index >= 15 is 0 Å².